The van der Waals surface area contributed by atoms with Gasteiger partial charge in [0.2, 0.25) is 10.0 Å². The Morgan fingerprint density at radius 2 is 1.74 bits per heavy atom. The fourth-order valence-electron chi connectivity index (χ4n) is 2.38. The van der Waals surface area contributed by atoms with Gasteiger partial charge in [0, 0.05) is 18.2 Å². The highest BCUT2D eigenvalue weighted by atomic mass is 32.2. The molecule has 2 aromatic rings. The van der Waals surface area contributed by atoms with E-state index < -0.39 is 14.9 Å². The van der Waals surface area contributed by atoms with E-state index in [4.69, 9.17) is 0 Å². The van der Waals surface area contributed by atoms with Crippen molar-refractivity contribution in [3.05, 3.63) is 75.3 Å². The minimum atomic E-state index is -3.55. The summed E-state index contributed by atoms with van der Waals surface area (Å²) in [4.78, 5) is 10.1. The summed E-state index contributed by atoms with van der Waals surface area (Å²) in [6.07, 6.45) is 0. The summed E-state index contributed by atoms with van der Waals surface area (Å²) in [6.45, 7) is 3.71. The number of nitrogens with one attached hydrogen (secondary N) is 1. The molecule has 1 N–H and O–H groups in total. The molecule has 122 valence electrons. The van der Waals surface area contributed by atoms with Crippen LogP contribution in [-0.2, 0) is 15.8 Å². The van der Waals surface area contributed by atoms with E-state index in [0.29, 0.717) is 5.56 Å². The molecule has 0 aromatic heterocycles. The van der Waals surface area contributed by atoms with Gasteiger partial charge in [0.05, 0.1) is 10.7 Å². The van der Waals surface area contributed by atoms with Crippen LogP contribution in [0.3, 0.4) is 0 Å². The van der Waals surface area contributed by atoms with Crippen LogP contribution in [0.2, 0.25) is 0 Å². The highest BCUT2D eigenvalue weighted by molar-refractivity contribution is 7.88. The number of nitrogens with zero attached hydrogens (tertiary/aromatic N) is 1. The summed E-state index contributed by atoms with van der Waals surface area (Å²) < 4.78 is 27.2. The van der Waals surface area contributed by atoms with E-state index in [-0.39, 0.29) is 17.5 Å². The van der Waals surface area contributed by atoms with Crippen molar-refractivity contribution in [1.29, 1.82) is 0 Å². The number of benzene rings is 2. The van der Waals surface area contributed by atoms with Crippen molar-refractivity contribution >= 4 is 15.7 Å². The van der Waals surface area contributed by atoms with E-state index in [9.17, 15) is 18.5 Å². The Hall–Kier alpha value is -2.25. The van der Waals surface area contributed by atoms with E-state index in [1.165, 1.54) is 24.3 Å². The van der Waals surface area contributed by atoms with Crippen molar-refractivity contribution in [2.45, 2.75) is 25.6 Å². The van der Waals surface area contributed by atoms with Crippen molar-refractivity contribution in [1.82, 2.24) is 4.72 Å². The zero-order valence-electron chi connectivity index (χ0n) is 12.9. The molecule has 0 bridgehead atoms. The summed E-state index contributed by atoms with van der Waals surface area (Å²) >= 11 is 0. The first-order valence-electron chi connectivity index (χ1n) is 7.07. The zero-order valence-corrected chi connectivity index (χ0v) is 13.7. The topological polar surface area (TPSA) is 89.3 Å². The van der Waals surface area contributed by atoms with Gasteiger partial charge in [-0.3, -0.25) is 10.1 Å². The van der Waals surface area contributed by atoms with E-state index in [0.717, 1.165) is 11.1 Å². The molecule has 7 heteroatoms. The lowest BCUT2D eigenvalue weighted by atomic mass is 10.0. The van der Waals surface area contributed by atoms with Crippen LogP contribution in [0, 0.1) is 17.0 Å². The van der Waals surface area contributed by atoms with Gasteiger partial charge in [-0.1, -0.05) is 36.4 Å². The lowest BCUT2D eigenvalue weighted by Crippen LogP contribution is -2.28. The Kier molecular flexibility index (Phi) is 5.12. The predicted octanol–water partition coefficient (Wildman–Crippen LogP) is 3.08. The van der Waals surface area contributed by atoms with Crippen molar-refractivity contribution in [2.24, 2.45) is 0 Å². The van der Waals surface area contributed by atoms with Gasteiger partial charge in [-0.15, -0.1) is 0 Å². The molecule has 2 rings (SSSR count). The molecule has 0 saturated carbocycles. The lowest BCUT2D eigenvalue weighted by Gasteiger charge is -2.16. The van der Waals surface area contributed by atoms with Crippen LogP contribution in [0.1, 0.15) is 29.7 Å². The maximum absolute atomic E-state index is 12.3. The normalized spacial score (nSPS) is 12.8. The summed E-state index contributed by atoms with van der Waals surface area (Å²) in [5, 5.41) is 10.6. The summed E-state index contributed by atoms with van der Waals surface area (Å²) in [7, 11) is -3.55. The third-order valence-corrected chi connectivity index (χ3v) is 4.94. The van der Waals surface area contributed by atoms with Crippen LogP contribution in [0.25, 0.3) is 0 Å². The molecule has 0 saturated heterocycles. The summed E-state index contributed by atoms with van der Waals surface area (Å²) in [5.41, 5.74) is 2.37. The average Bonchev–Trinajstić information content (AvgIpc) is 2.47. The fourth-order valence-corrected chi connectivity index (χ4v) is 3.76. The van der Waals surface area contributed by atoms with Crippen LogP contribution < -0.4 is 4.72 Å². The monoisotopic (exact) mass is 334 g/mol. The molecule has 0 aliphatic carbocycles. The minimum absolute atomic E-state index is 0.0626. The van der Waals surface area contributed by atoms with Gasteiger partial charge in [0.15, 0.2) is 0 Å². The Morgan fingerprint density at radius 3 is 2.30 bits per heavy atom. The first kappa shape index (κ1) is 17.1. The lowest BCUT2D eigenvalue weighted by molar-refractivity contribution is -0.384. The van der Waals surface area contributed by atoms with E-state index in [2.05, 4.69) is 4.72 Å². The van der Waals surface area contributed by atoms with Crippen molar-refractivity contribution in [3.8, 4) is 0 Å². The fraction of sp³-hybridized carbons (Fsp3) is 0.250. The third kappa shape index (κ3) is 4.61. The highest BCUT2D eigenvalue weighted by Gasteiger charge is 2.18. The Labute approximate surface area is 135 Å². The van der Waals surface area contributed by atoms with Gasteiger partial charge in [0.1, 0.15) is 0 Å². The van der Waals surface area contributed by atoms with Crippen LogP contribution in [0.5, 0.6) is 0 Å². The molecule has 0 fully saturated rings. The quantitative estimate of drug-likeness (QED) is 0.649. The van der Waals surface area contributed by atoms with Crippen LogP contribution in [-0.4, -0.2) is 13.3 Å². The van der Waals surface area contributed by atoms with Crippen molar-refractivity contribution in [3.63, 3.8) is 0 Å². The molecule has 0 spiro atoms. The van der Waals surface area contributed by atoms with Crippen molar-refractivity contribution < 1.29 is 13.3 Å². The number of sulfonamides is 1. The first-order chi connectivity index (χ1) is 10.8. The average molecular weight is 334 g/mol. The number of hydrogen-bond acceptors (Lipinski definition) is 4. The molecule has 0 aliphatic rings. The van der Waals surface area contributed by atoms with Gasteiger partial charge in [-0.05, 0) is 30.5 Å². The van der Waals surface area contributed by atoms with Gasteiger partial charge in [-0.2, -0.15) is 0 Å². The van der Waals surface area contributed by atoms with Crippen LogP contribution in [0.15, 0.2) is 48.5 Å². The van der Waals surface area contributed by atoms with E-state index >= 15 is 0 Å². The summed E-state index contributed by atoms with van der Waals surface area (Å²) in [6, 6.07) is 12.7. The second-order valence-corrected chi connectivity index (χ2v) is 7.13. The highest BCUT2D eigenvalue weighted by Crippen LogP contribution is 2.19. The molecule has 2 aromatic carbocycles. The molecule has 0 aliphatic heterocycles. The molecule has 1 unspecified atom stereocenters. The smallest absolute Gasteiger partial charge is 0.258 e. The standard InChI is InChI=1S/C16H18N2O4S/c1-12-5-3-4-6-16(12)13(2)17-23(21,22)11-14-7-9-15(10-8-14)18(19)20/h3-10,13,17H,11H2,1-2H3. The van der Waals surface area contributed by atoms with Crippen LogP contribution >= 0.6 is 0 Å². The molecular weight excluding hydrogens is 316 g/mol. The first-order valence-corrected chi connectivity index (χ1v) is 8.72. The maximum atomic E-state index is 12.3. The molecule has 6 nitrogen and oxygen atoms in total. The Bertz CT molecular complexity index is 801. The van der Waals surface area contributed by atoms with E-state index in [1.54, 1.807) is 6.92 Å². The molecule has 0 radical (unpaired) electrons. The van der Waals surface area contributed by atoms with Crippen LogP contribution in [0.4, 0.5) is 5.69 Å². The van der Waals surface area contributed by atoms with E-state index in [1.807, 2.05) is 31.2 Å². The number of non-ortho nitro benzene ring substituents is 1. The molecule has 0 heterocycles. The van der Waals surface area contributed by atoms with Gasteiger partial charge in [-0.25, -0.2) is 13.1 Å². The molecular formula is C16H18N2O4S. The second kappa shape index (κ2) is 6.89. The Morgan fingerprint density at radius 1 is 1.13 bits per heavy atom. The zero-order chi connectivity index (χ0) is 17.0. The number of aryl methyl sites for hydroxylation is 1. The minimum Gasteiger partial charge on any atom is -0.258 e. The van der Waals surface area contributed by atoms with Crippen molar-refractivity contribution in [2.75, 3.05) is 0 Å². The molecule has 0 amide bonds. The van der Waals surface area contributed by atoms with Gasteiger partial charge in [0.25, 0.3) is 5.69 Å². The third-order valence-electron chi connectivity index (χ3n) is 3.52. The largest absolute Gasteiger partial charge is 0.269 e. The second-order valence-electron chi connectivity index (χ2n) is 5.38. The van der Waals surface area contributed by atoms with Gasteiger partial charge >= 0.3 is 0 Å². The predicted molar refractivity (Wildman–Crippen MR) is 88.4 cm³/mol. The molecule has 1 atom stereocenters. The number of rotatable bonds is 6. The number of nitro groups is 1. The van der Waals surface area contributed by atoms with Gasteiger partial charge < -0.3 is 0 Å². The molecule has 23 heavy (non-hydrogen) atoms. The Balaban J connectivity index is 2.10. The summed E-state index contributed by atoms with van der Waals surface area (Å²) in [5.74, 6) is -0.221. The SMILES string of the molecule is Cc1ccccc1C(C)NS(=O)(=O)Cc1ccc([N+](=O)[O-])cc1. The number of nitro benzene ring substituents is 1. The number of hydrogen-bond donors (Lipinski definition) is 1. The maximum Gasteiger partial charge on any atom is 0.269 e.